The van der Waals surface area contributed by atoms with Gasteiger partial charge in [0.2, 0.25) is 0 Å². The second-order valence-corrected chi connectivity index (χ2v) is 8.31. The quantitative estimate of drug-likeness (QED) is 0.166. The van der Waals surface area contributed by atoms with E-state index < -0.39 is 12.1 Å². The summed E-state index contributed by atoms with van der Waals surface area (Å²) in [7, 11) is 0. The fourth-order valence-electron chi connectivity index (χ4n) is 0. The van der Waals surface area contributed by atoms with Crippen molar-refractivity contribution in [1.29, 1.82) is 0 Å². The summed E-state index contributed by atoms with van der Waals surface area (Å²) in [6, 6.07) is 0. The molecule has 0 unspecified atom stereocenters. The zero-order valence-electron chi connectivity index (χ0n) is 6.69. The first-order chi connectivity index (χ1) is 5.21. The van der Waals surface area contributed by atoms with Crippen molar-refractivity contribution in [2.75, 3.05) is 5.45 Å². The van der Waals surface area contributed by atoms with Crippen molar-refractivity contribution in [3.63, 3.8) is 0 Å². The first-order valence-electron chi connectivity index (χ1n) is 2.10. The molecule has 0 bridgehead atoms. The minimum absolute atomic E-state index is 0. The van der Waals surface area contributed by atoms with Crippen molar-refractivity contribution < 1.29 is 44.9 Å². The molecule has 0 amide bonds. The van der Waals surface area contributed by atoms with E-state index in [4.69, 9.17) is 10.1 Å². The predicted molar refractivity (Wildman–Crippen MR) is 86.2 cm³/mol. The van der Waals surface area contributed by atoms with Gasteiger partial charge in [-0.05, 0) is 15.9 Å². The van der Waals surface area contributed by atoms with Crippen LogP contribution in [0, 0.1) is 20.2 Å². The second kappa shape index (κ2) is 27.1. The summed E-state index contributed by atoms with van der Waals surface area (Å²) >= 11 is 10.6. The van der Waals surface area contributed by atoms with Gasteiger partial charge >= 0.3 is 31.8 Å². The summed E-state index contributed by atoms with van der Waals surface area (Å²) in [4.78, 5) is 17.8. The Balaban J connectivity index is -0.0000000142. The Morgan fingerprint density at radius 3 is 1.06 bits per heavy atom. The molecule has 0 aromatic heterocycles. The average molecular weight is 542 g/mol. The maximum atomic E-state index is 9.69. The smallest absolute Gasteiger partial charge is 0.870 e. The maximum absolute atomic E-state index is 9.69. The van der Waals surface area contributed by atoms with Crippen LogP contribution in [-0.2, 0) is 0 Å². The number of nitro groups is 2. The van der Waals surface area contributed by atoms with Gasteiger partial charge in [0.25, 0.3) is 5.45 Å². The number of hydrogen-bond acceptors (Lipinski definition) is 5. The molecule has 0 aliphatic rings. The molecule has 0 fully saturated rings. The largest absolute Gasteiger partial charge is 1.00 e. The van der Waals surface area contributed by atoms with E-state index in [1.807, 2.05) is 0 Å². The van der Waals surface area contributed by atoms with E-state index in [0.717, 1.165) is 0 Å². The van der Waals surface area contributed by atoms with Gasteiger partial charge in [-0.25, -0.2) is 0 Å². The van der Waals surface area contributed by atoms with Crippen LogP contribution in [-0.4, -0.2) is 23.0 Å². The Morgan fingerprint density at radius 2 is 1.06 bits per heavy atom. The Hall–Kier alpha value is 1.68. The van der Waals surface area contributed by atoms with Gasteiger partial charge in [-0.15, -0.1) is 0 Å². The maximum Gasteiger partial charge on any atom is 1.00 e. The van der Waals surface area contributed by atoms with Gasteiger partial charge < -0.3 is 5.48 Å². The van der Waals surface area contributed by atoms with E-state index in [2.05, 4.69) is 63.7 Å². The molecule has 0 heterocycles. The fraction of sp³-hybridized carbons (Fsp3) is 1.00. The molecular weight excluding hydrogens is 523 g/mol. The van der Waals surface area contributed by atoms with Crippen molar-refractivity contribution in [2.24, 2.45) is 0 Å². The van der Waals surface area contributed by atoms with Gasteiger partial charge in [-0.2, -0.15) is 0 Å². The van der Waals surface area contributed by atoms with Crippen LogP contribution in [0.25, 0.3) is 0 Å². The molecule has 0 radical (unpaired) electrons. The minimum Gasteiger partial charge on any atom is -0.870 e. The number of alkyl halides is 4. The molecule has 0 aliphatic carbocycles. The van der Waals surface area contributed by atoms with Gasteiger partial charge in [-0.1, -0.05) is 29.7 Å². The van der Waals surface area contributed by atoms with Crippen LogP contribution in [0.5, 0.6) is 0 Å². The monoisotopic (exact) mass is 538 g/mol. The average Bonchev–Trinajstić information content (AvgIpc) is 1.87. The van der Waals surface area contributed by atoms with E-state index in [1.54, 1.807) is 0 Å². The summed E-state index contributed by atoms with van der Waals surface area (Å²) in [5.41, 5.74) is -0.160. The molecule has 0 rings (SSSR count). The molecule has 7 nitrogen and oxygen atoms in total. The van der Waals surface area contributed by atoms with Crippen LogP contribution in [0.3, 0.4) is 0 Å². The summed E-state index contributed by atoms with van der Waals surface area (Å²) in [5.74, 6) is 0. The topological polar surface area (TPSA) is 116 Å². The van der Waals surface area contributed by atoms with Crippen LogP contribution in [0.1, 0.15) is 29.7 Å². The Labute approximate surface area is 164 Å². The zero-order valence-corrected chi connectivity index (χ0v) is 15.0. The molecule has 112 valence electrons. The van der Waals surface area contributed by atoms with Gasteiger partial charge in [0.15, 0.2) is 0 Å². The summed E-state index contributed by atoms with van der Waals surface area (Å²) in [5, 5.41) is 18.8. The molecule has 0 aromatic carbocycles. The van der Waals surface area contributed by atoms with Gasteiger partial charge in [-0.3, -0.25) is 20.2 Å². The standard InChI is InChI=1S/CBr3NO2.CH2BrNO2.4CH4.Na.H2O/c2-1(3,4)5(6)7;2-1-3(4)5;;;;;;/h;1H2;4*1H4;;1H2/q;;;;;;+1;/p-1. The van der Waals surface area contributed by atoms with E-state index in [0.29, 0.717) is 0 Å². The van der Waals surface area contributed by atoms with Crippen LogP contribution >= 0.6 is 63.7 Å². The third kappa shape index (κ3) is 52.5. The number of halogens is 4. The molecule has 0 saturated heterocycles. The molecule has 18 heavy (non-hydrogen) atoms. The number of nitrogens with zero attached hydrogens (tertiary/aromatic N) is 2. The Kier molecular flexibility index (Phi) is 75.8. The molecule has 0 spiro atoms. The van der Waals surface area contributed by atoms with E-state index >= 15 is 0 Å². The van der Waals surface area contributed by atoms with E-state index in [-0.39, 0.29) is 70.2 Å². The molecule has 12 heteroatoms. The number of hydrogen-bond donors (Lipinski definition) is 0. The molecule has 0 saturated carbocycles. The zero-order chi connectivity index (χ0) is 10.4. The van der Waals surface area contributed by atoms with Crippen LogP contribution in [0.15, 0.2) is 0 Å². The first kappa shape index (κ1) is 50.3. The minimum atomic E-state index is -1.34. The molecular formula is C6H19Br4N2NaO5. The van der Waals surface area contributed by atoms with Crippen LogP contribution in [0.2, 0.25) is 0 Å². The SMILES string of the molecule is C.C.C.C.O=[N+]([O-])C(Br)(Br)Br.O=[N+]([O-])CBr.[Na+].[OH-]. The fourth-order valence-corrected chi connectivity index (χ4v) is 0. The molecule has 0 aliphatic heterocycles. The summed E-state index contributed by atoms with van der Waals surface area (Å²) in [6.07, 6.45) is 0. The van der Waals surface area contributed by atoms with Crippen molar-refractivity contribution in [3.8, 4) is 0 Å². The summed E-state index contributed by atoms with van der Waals surface area (Å²) < 4.78 is -1.34. The molecule has 0 atom stereocenters. The Bertz CT molecular complexity index is 182. The second-order valence-electron chi connectivity index (χ2n) is 1.18. The van der Waals surface area contributed by atoms with Crippen LogP contribution < -0.4 is 29.6 Å². The van der Waals surface area contributed by atoms with Crippen molar-refractivity contribution >= 4 is 63.7 Å². The predicted octanol–water partition coefficient (Wildman–Crippen LogP) is 2.05. The van der Waals surface area contributed by atoms with Gasteiger partial charge in [0.1, 0.15) is 0 Å². The normalized spacial score (nSPS) is 6.44. The van der Waals surface area contributed by atoms with Crippen LogP contribution in [0.4, 0.5) is 0 Å². The van der Waals surface area contributed by atoms with Crippen molar-refractivity contribution in [1.82, 2.24) is 0 Å². The first-order valence-corrected chi connectivity index (χ1v) is 5.60. The third-order valence-corrected chi connectivity index (χ3v) is 1.58. The molecule has 0 aromatic rings. The molecule has 1 N–H and O–H groups in total. The Morgan fingerprint density at radius 1 is 0.944 bits per heavy atom. The summed E-state index contributed by atoms with van der Waals surface area (Å²) in [6.45, 7) is 0. The van der Waals surface area contributed by atoms with Crippen molar-refractivity contribution in [3.05, 3.63) is 20.2 Å². The van der Waals surface area contributed by atoms with Gasteiger partial charge in [0.05, 0.1) is 4.92 Å². The third-order valence-electron chi connectivity index (χ3n) is 0.305. The van der Waals surface area contributed by atoms with Crippen molar-refractivity contribution in [2.45, 2.75) is 32.0 Å². The van der Waals surface area contributed by atoms with Gasteiger partial charge in [0, 0.05) is 52.7 Å². The number of rotatable bonds is 1. The van der Waals surface area contributed by atoms with E-state index in [9.17, 15) is 10.1 Å². The van der Waals surface area contributed by atoms with E-state index in [1.165, 1.54) is 0 Å².